The summed E-state index contributed by atoms with van der Waals surface area (Å²) in [4.78, 5) is 26.5. The Morgan fingerprint density at radius 1 is 1.11 bits per heavy atom. The predicted molar refractivity (Wildman–Crippen MR) is 99.0 cm³/mol. The van der Waals surface area contributed by atoms with Crippen LogP contribution in [-0.4, -0.2) is 40.1 Å². The van der Waals surface area contributed by atoms with E-state index in [9.17, 15) is 14.7 Å². The molecule has 0 unspecified atom stereocenters. The molecule has 0 saturated carbocycles. The van der Waals surface area contributed by atoms with Crippen molar-refractivity contribution < 1.29 is 19.2 Å². The maximum absolute atomic E-state index is 13.1. The number of likely N-dealkylation sites (tertiary alicyclic amines) is 1. The van der Waals surface area contributed by atoms with Crippen LogP contribution in [0.25, 0.3) is 0 Å². The second kappa shape index (κ2) is 7.35. The van der Waals surface area contributed by atoms with Crippen LogP contribution < -0.4 is 0 Å². The van der Waals surface area contributed by atoms with Crippen LogP contribution in [0.5, 0.6) is 0 Å². The molecule has 142 valence electrons. The Morgan fingerprint density at radius 2 is 1.85 bits per heavy atom. The Labute approximate surface area is 162 Å². The Kier molecular flexibility index (Phi) is 4.91. The number of aliphatic carboxylic acids is 1. The zero-order chi connectivity index (χ0) is 19.0. The van der Waals surface area contributed by atoms with Gasteiger partial charge < -0.3 is 14.5 Å². The van der Waals surface area contributed by atoms with E-state index >= 15 is 0 Å². The Hall–Kier alpha value is -2.34. The fraction of sp³-hybridized carbons (Fsp3) is 0.450. The smallest absolute Gasteiger partial charge is 0.308 e. The molecular weight excluding hydrogens is 368 g/mol. The summed E-state index contributed by atoms with van der Waals surface area (Å²) in [5.41, 5.74) is 2.13. The molecule has 0 radical (unpaired) electrons. The van der Waals surface area contributed by atoms with Crippen molar-refractivity contribution in [2.45, 2.75) is 38.0 Å². The second-order valence-electron chi connectivity index (χ2n) is 7.31. The van der Waals surface area contributed by atoms with Crippen molar-refractivity contribution >= 4 is 23.5 Å². The summed E-state index contributed by atoms with van der Waals surface area (Å²) in [6, 6.07) is 7.16. The summed E-state index contributed by atoms with van der Waals surface area (Å²) in [5, 5.41) is 14.3. The Balaban J connectivity index is 1.59. The van der Waals surface area contributed by atoms with E-state index in [1.807, 2.05) is 12.1 Å². The lowest BCUT2D eigenvalue weighted by molar-refractivity contribution is -0.141. The summed E-state index contributed by atoms with van der Waals surface area (Å²) >= 11 is 5.95. The van der Waals surface area contributed by atoms with Gasteiger partial charge in [-0.3, -0.25) is 9.59 Å². The highest BCUT2D eigenvalue weighted by atomic mass is 35.5. The third kappa shape index (κ3) is 3.46. The molecule has 2 atom stereocenters. The lowest BCUT2D eigenvalue weighted by Crippen LogP contribution is -2.30. The molecule has 2 heterocycles. The summed E-state index contributed by atoms with van der Waals surface area (Å²) in [6.45, 7) is 0.516. The van der Waals surface area contributed by atoms with Gasteiger partial charge in [0.2, 0.25) is 0 Å². The van der Waals surface area contributed by atoms with E-state index in [4.69, 9.17) is 16.1 Å². The van der Waals surface area contributed by atoms with E-state index in [1.54, 1.807) is 17.0 Å². The molecule has 1 aromatic heterocycles. The van der Waals surface area contributed by atoms with Crippen LogP contribution in [0, 0.1) is 5.92 Å². The minimum absolute atomic E-state index is 0.170. The van der Waals surface area contributed by atoms with Gasteiger partial charge in [0.1, 0.15) is 5.76 Å². The number of aryl methyl sites for hydroxylation is 1. The molecule has 1 N–H and O–H groups in total. The molecule has 2 aromatic rings. The normalized spacial score (nSPS) is 22.3. The van der Waals surface area contributed by atoms with Gasteiger partial charge in [-0.1, -0.05) is 35.3 Å². The highest BCUT2D eigenvalue weighted by Gasteiger charge is 2.42. The topological polar surface area (TPSA) is 83.6 Å². The second-order valence-corrected chi connectivity index (χ2v) is 7.74. The van der Waals surface area contributed by atoms with Gasteiger partial charge in [-0.25, -0.2) is 0 Å². The molecule has 0 bridgehead atoms. The van der Waals surface area contributed by atoms with Crippen molar-refractivity contribution in [3.05, 3.63) is 51.9 Å². The maximum atomic E-state index is 13.1. The van der Waals surface area contributed by atoms with Crippen LogP contribution in [0.15, 0.2) is 28.8 Å². The van der Waals surface area contributed by atoms with Crippen LogP contribution in [-0.2, 0) is 17.6 Å². The number of nitrogens with zero attached hydrogens (tertiary/aromatic N) is 2. The number of carboxylic acids is 1. The van der Waals surface area contributed by atoms with Gasteiger partial charge in [0.05, 0.1) is 5.92 Å². The number of fused-ring (bicyclic) bond motifs is 1. The van der Waals surface area contributed by atoms with Crippen LogP contribution in [0.4, 0.5) is 0 Å². The van der Waals surface area contributed by atoms with Crippen molar-refractivity contribution in [1.82, 2.24) is 10.1 Å². The largest absolute Gasteiger partial charge is 0.481 e. The molecule has 1 aliphatic carbocycles. The average Bonchev–Trinajstić information content (AvgIpc) is 3.20. The standard InChI is InChI=1S/C20H21ClN2O4/c21-13-8-6-12(7-9-13)15-10-23(11-16(15)20(25)26)19(24)18-14-4-2-1-3-5-17(14)27-22-18/h6-9,15-16H,1-5,10-11H2,(H,25,26)/t15-,16+/m0/s1. The highest BCUT2D eigenvalue weighted by Crippen LogP contribution is 2.35. The molecule has 27 heavy (non-hydrogen) atoms. The first-order chi connectivity index (χ1) is 13.0. The quantitative estimate of drug-likeness (QED) is 0.813. The highest BCUT2D eigenvalue weighted by molar-refractivity contribution is 6.30. The van der Waals surface area contributed by atoms with Crippen molar-refractivity contribution in [3.63, 3.8) is 0 Å². The minimum Gasteiger partial charge on any atom is -0.481 e. The lowest BCUT2D eigenvalue weighted by atomic mass is 9.89. The van der Waals surface area contributed by atoms with E-state index in [0.29, 0.717) is 17.3 Å². The molecule has 4 rings (SSSR count). The van der Waals surface area contributed by atoms with Gasteiger partial charge in [-0.2, -0.15) is 0 Å². The van der Waals surface area contributed by atoms with Crippen molar-refractivity contribution in [3.8, 4) is 0 Å². The van der Waals surface area contributed by atoms with E-state index in [1.165, 1.54) is 0 Å². The van der Waals surface area contributed by atoms with Gasteiger partial charge in [0.25, 0.3) is 5.91 Å². The Morgan fingerprint density at radius 3 is 2.59 bits per heavy atom. The monoisotopic (exact) mass is 388 g/mol. The SMILES string of the molecule is O=C(O)[C@@H]1CN(C(=O)c2noc3c2CCCCC3)C[C@H]1c1ccc(Cl)cc1. The zero-order valence-electron chi connectivity index (χ0n) is 14.9. The number of amides is 1. The van der Waals surface area contributed by atoms with Gasteiger partial charge in [-0.05, 0) is 37.0 Å². The van der Waals surface area contributed by atoms with Crippen LogP contribution in [0.3, 0.4) is 0 Å². The zero-order valence-corrected chi connectivity index (χ0v) is 15.6. The van der Waals surface area contributed by atoms with Crippen molar-refractivity contribution in [2.24, 2.45) is 5.92 Å². The van der Waals surface area contributed by atoms with Crippen molar-refractivity contribution in [2.75, 3.05) is 13.1 Å². The van der Waals surface area contributed by atoms with Gasteiger partial charge in [0.15, 0.2) is 5.69 Å². The number of hydrogen-bond acceptors (Lipinski definition) is 4. The fourth-order valence-corrected chi connectivity index (χ4v) is 4.27. The van der Waals surface area contributed by atoms with E-state index in [2.05, 4.69) is 5.16 Å². The number of aromatic nitrogens is 1. The van der Waals surface area contributed by atoms with Gasteiger partial charge in [0, 0.05) is 36.0 Å². The van der Waals surface area contributed by atoms with Crippen LogP contribution in [0.2, 0.25) is 5.02 Å². The number of benzene rings is 1. The number of hydrogen-bond donors (Lipinski definition) is 1. The predicted octanol–water partition coefficient (Wildman–Crippen LogP) is 3.54. The number of rotatable bonds is 3. The average molecular weight is 389 g/mol. The van der Waals surface area contributed by atoms with Crippen LogP contribution >= 0.6 is 11.6 Å². The van der Waals surface area contributed by atoms with Gasteiger partial charge >= 0.3 is 5.97 Å². The van der Waals surface area contributed by atoms with E-state index in [0.717, 1.165) is 49.0 Å². The molecular formula is C20H21ClN2O4. The first-order valence-corrected chi connectivity index (χ1v) is 9.67. The molecule has 0 spiro atoms. The third-order valence-electron chi connectivity index (χ3n) is 5.63. The fourth-order valence-electron chi connectivity index (χ4n) is 4.15. The number of carboxylic acid groups (broad SMARTS) is 1. The molecule has 6 nitrogen and oxygen atoms in total. The molecule has 1 fully saturated rings. The van der Waals surface area contributed by atoms with E-state index in [-0.39, 0.29) is 18.4 Å². The number of carbonyl (C=O) groups excluding carboxylic acids is 1. The summed E-state index contributed by atoms with van der Waals surface area (Å²) in [7, 11) is 0. The summed E-state index contributed by atoms with van der Waals surface area (Å²) in [5.74, 6) is -1.25. The molecule has 7 heteroatoms. The molecule has 1 saturated heterocycles. The maximum Gasteiger partial charge on any atom is 0.308 e. The third-order valence-corrected chi connectivity index (χ3v) is 5.88. The molecule has 1 aliphatic heterocycles. The summed E-state index contributed by atoms with van der Waals surface area (Å²) < 4.78 is 5.42. The van der Waals surface area contributed by atoms with Gasteiger partial charge in [-0.15, -0.1) is 0 Å². The molecule has 2 aliphatic rings. The Bertz CT molecular complexity index is 861. The minimum atomic E-state index is -0.899. The summed E-state index contributed by atoms with van der Waals surface area (Å²) in [6.07, 6.45) is 4.76. The molecule has 1 aromatic carbocycles. The van der Waals surface area contributed by atoms with Crippen LogP contribution in [0.1, 0.15) is 52.6 Å². The first-order valence-electron chi connectivity index (χ1n) is 9.29. The number of halogens is 1. The number of carbonyl (C=O) groups is 2. The first kappa shape index (κ1) is 18.0. The molecule has 1 amide bonds. The van der Waals surface area contributed by atoms with Crippen molar-refractivity contribution in [1.29, 1.82) is 0 Å². The van der Waals surface area contributed by atoms with E-state index < -0.39 is 11.9 Å². The lowest BCUT2D eigenvalue weighted by Gasteiger charge is -2.16.